The minimum Gasteiger partial charge on any atom is -0.333 e. The van der Waals surface area contributed by atoms with Crippen molar-refractivity contribution in [2.45, 2.75) is 39.7 Å². The first-order valence-electron chi connectivity index (χ1n) is 10.9. The first kappa shape index (κ1) is 22.5. The Balaban J connectivity index is 1.49. The van der Waals surface area contributed by atoms with Crippen molar-refractivity contribution in [1.29, 1.82) is 0 Å². The van der Waals surface area contributed by atoms with Crippen LogP contribution in [0.5, 0.6) is 0 Å². The van der Waals surface area contributed by atoms with Crippen molar-refractivity contribution >= 4 is 33.2 Å². The Labute approximate surface area is 205 Å². The van der Waals surface area contributed by atoms with Gasteiger partial charge in [-0.2, -0.15) is 4.98 Å². The second-order valence-electron chi connectivity index (χ2n) is 9.26. The molecule has 0 aliphatic heterocycles. The number of thiophene rings is 1. The average Bonchev–Trinajstić information content (AvgIpc) is 3.41. The molecule has 0 fully saturated rings. The Hall–Kier alpha value is -3.29. The molecule has 5 aromatic rings. The van der Waals surface area contributed by atoms with Crippen molar-refractivity contribution in [2.24, 2.45) is 0 Å². The van der Waals surface area contributed by atoms with E-state index in [-0.39, 0.29) is 11.0 Å². The first-order chi connectivity index (χ1) is 16.2. The summed E-state index contributed by atoms with van der Waals surface area (Å²) in [5, 5.41) is 5.21. The van der Waals surface area contributed by atoms with E-state index in [4.69, 9.17) is 16.1 Å². The lowest BCUT2D eigenvalue weighted by Crippen LogP contribution is -2.21. The molecule has 3 heterocycles. The standard InChI is InChI=1S/C26H23ClN4O2S/c1-15-20-24(34-21(15)23-29-22(30-33-23)18-7-5-6-8-19(18)27)28-14-31(25(20)32)13-16-9-11-17(12-10-16)26(2,3)4/h5-12,14H,13H2,1-4H3. The number of hydrogen-bond acceptors (Lipinski definition) is 6. The molecule has 172 valence electrons. The van der Waals surface area contributed by atoms with E-state index in [1.807, 2.05) is 25.1 Å². The van der Waals surface area contributed by atoms with Crippen molar-refractivity contribution in [2.75, 3.05) is 0 Å². The SMILES string of the molecule is Cc1c(-c2nc(-c3ccccc3Cl)no2)sc2ncn(Cc3ccc(C(C)(C)C)cc3)c(=O)c12. The highest BCUT2D eigenvalue weighted by atomic mass is 35.5. The Morgan fingerprint density at radius 1 is 1.09 bits per heavy atom. The molecular weight excluding hydrogens is 468 g/mol. The molecule has 0 saturated heterocycles. The molecule has 0 radical (unpaired) electrons. The van der Waals surface area contributed by atoms with Gasteiger partial charge in [0.1, 0.15) is 4.83 Å². The van der Waals surface area contributed by atoms with Crippen LogP contribution >= 0.6 is 22.9 Å². The molecule has 0 N–H and O–H groups in total. The summed E-state index contributed by atoms with van der Waals surface area (Å²) in [6.45, 7) is 8.89. The van der Waals surface area contributed by atoms with Crippen LogP contribution in [0.25, 0.3) is 32.4 Å². The zero-order chi connectivity index (χ0) is 24.0. The topological polar surface area (TPSA) is 73.8 Å². The maximum absolute atomic E-state index is 13.3. The number of fused-ring (bicyclic) bond motifs is 1. The monoisotopic (exact) mass is 490 g/mol. The van der Waals surface area contributed by atoms with E-state index in [1.165, 1.54) is 16.9 Å². The number of aryl methyl sites for hydroxylation is 1. The summed E-state index contributed by atoms with van der Waals surface area (Å²) in [6.07, 6.45) is 1.60. The third-order valence-corrected chi connectivity index (χ3v) is 7.34. The Morgan fingerprint density at radius 3 is 2.53 bits per heavy atom. The molecule has 6 nitrogen and oxygen atoms in total. The van der Waals surface area contributed by atoms with Crippen molar-refractivity contribution in [3.05, 3.63) is 86.9 Å². The van der Waals surface area contributed by atoms with Crippen LogP contribution in [0.1, 0.15) is 37.5 Å². The number of aromatic nitrogens is 4. The molecule has 2 aromatic carbocycles. The minimum atomic E-state index is -0.0873. The third-order valence-electron chi connectivity index (χ3n) is 5.83. The van der Waals surface area contributed by atoms with Gasteiger partial charge in [-0.3, -0.25) is 9.36 Å². The molecule has 3 aromatic heterocycles. The van der Waals surface area contributed by atoms with Gasteiger partial charge in [-0.1, -0.05) is 73.9 Å². The predicted octanol–water partition coefficient (Wildman–Crippen LogP) is 6.48. The van der Waals surface area contributed by atoms with Gasteiger partial charge >= 0.3 is 0 Å². The fourth-order valence-corrected chi connectivity index (χ4v) is 5.13. The summed E-state index contributed by atoms with van der Waals surface area (Å²) in [7, 11) is 0. The molecule has 0 aliphatic carbocycles. The summed E-state index contributed by atoms with van der Waals surface area (Å²) >= 11 is 7.64. The molecule has 0 unspecified atom stereocenters. The maximum atomic E-state index is 13.3. The van der Waals surface area contributed by atoms with Crippen molar-refractivity contribution in [3.63, 3.8) is 0 Å². The lowest BCUT2D eigenvalue weighted by atomic mass is 9.87. The smallest absolute Gasteiger partial charge is 0.268 e. The molecular formula is C26H23ClN4O2S. The van der Waals surface area contributed by atoms with E-state index < -0.39 is 0 Å². The Kier molecular flexibility index (Phi) is 5.62. The Bertz CT molecular complexity index is 1560. The molecule has 0 atom stereocenters. The van der Waals surface area contributed by atoms with Crippen LogP contribution in [-0.4, -0.2) is 19.7 Å². The highest BCUT2D eigenvalue weighted by Crippen LogP contribution is 2.36. The second kappa shape index (κ2) is 8.49. The normalized spacial score (nSPS) is 11.9. The van der Waals surface area contributed by atoms with Gasteiger partial charge < -0.3 is 4.52 Å². The van der Waals surface area contributed by atoms with Crippen LogP contribution in [0.3, 0.4) is 0 Å². The van der Waals surface area contributed by atoms with Crippen molar-refractivity contribution < 1.29 is 4.52 Å². The Morgan fingerprint density at radius 2 is 1.82 bits per heavy atom. The first-order valence-corrected chi connectivity index (χ1v) is 12.1. The third kappa shape index (κ3) is 4.06. The van der Waals surface area contributed by atoms with Crippen molar-refractivity contribution in [1.82, 2.24) is 19.7 Å². The van der Waals surface area contributed by atoms with Gasteiger partial charge in [0.05, 0.1) is 28.2 Å². The highest BCUT2D eigenvalue weighted by Gasteiger charge is 2.21. The largest absolute Gasteiger partial charge is 0.333 e. The molecule has 0 saturated carbocycles. The second-order valence-corrected chi connectivity index (χ2v) is 10.7. The fourth-order valence-electron chi connectivity index (χ4n) is 3.85. The van der Waals surface area contributed by atoms with Crippen LogP contribution in [0.15, 0.2) is 64.2 Å². The number of halogens is 1. The van der Waals surface area contributed by atoms with E-state index in [0.717, 1.165) is 16.0 Å². The van der Waals surface area contributed by atoms with Crippen LogP contribution in [0.2, 0.25) is 5.02 Å². The number of rotatable bonds is 4. The van der Waals surface area contributed by atoms with Gasteiger partial charge in [0.15, 0.2) is 0 Å². The van der Waals surface area contributed by atoms with Gasteiger partial charge in [-0.05, 0) is 41.2 Å². The lowest BCUT2D eigenvalue weighted by Gasteiger charge is -2.19. The van der Waals surface area contributed by atoms with E-state index in [9.17, 15) is 4.79 Å². The minimum absolute atomic E-state index is 0.0838. The average molecular weight is 491 g/mol. The number of benzene rings is 2. The van der Waals surface area contributed by atoms with E-state index in [0.29, 0.717) is 39.1 Å². The number of nitrogens with zero attached hydrogens (tertiary/aromatic N) is 4. The summed E-state index contributed by atoms with van der Waals surface area (Å²) < 4.78 is 7.17. The summed E-state index contributed by atoms with van der Waals surface area (Å²) in [5.41, 5.74) is 3.77. The van der Waals surface area contributed by atoms with Crippen LogP contribution < -0.4 is 5.56 Å². The summed E-state index contributed by atoms with van der Waals surface area (Å²) in [5.74, 6) is 0.751. The quantitative estimate of drug-likeness (QED) is 0.288. The molecule has 0 aliphatic rings. The van der Waals surface area contributed by atoms with Gasteiger partial charge in [0, 0.05) is 5.56 Å². The van der Waals surface area contributed by atoms with Gasteiger partial charge in [-0.25, -0.2) is 4.98 Å². The van der Waals surface area contributed by atoms with Gasteiger partial charge in [-0.15, -0.1) is 11.3 Å². The highest BCUT2D eigenvalue weighted by molar-refractivity contribution is 7.22. The van der Waals surface area contributed by atoms with Crippen LogP contribution in [0.4, 0.5) is 0 Å². The van der Waals surface area contributed by atoms with Crippen LogP contribution in [-0.2, 0) is 12.0 Å². The fraction of sp³-hybridized carbons (Fsp3) is 0.231. The maximum Gasteiger partial charge on any atom is 0.268 e. The number of hydrogen-bond donors (Lipinski definition) is 0. The van der Waals surface area contributed by atoms with E-state index in [1.54, 1.807) is 17.0 Å². The summed E-state index contributed by atoms with van der Waals surface area (Å²) in [4.78, 5) is 23.8. The molecule has 8 heteroatoms. The molecule has 34 heavy (non-hydrogen) atoms. The zero-order valence-electron chi connectivity index (χ0n) is 19.3. The zero-order valence-corrected chi connectivity index (χ0v) is 20.9. The molecule has 0 bridgehead atoms. The lowest BCUT2D eigenvalue weighted by molar-refractivity contribution is 0.433. The van der Waals surface area contributed by atoms with E-state index >= 15 is 0 Å². The van der Waals surface area contributed by atoms with E-state index in [2.05, 4.69) is 60.2 Å². The molecule has 0 amide bonds. The van der Waals surface area contributed by atoms with Crippen LogP contribution in [0, 0.1) is 6.92 Å². The van der Waals surface area contributed by atoms with Crippen molar-refractivity contribution in [3.8, 4) is 22.2 Å². The van der Waals surface area contributed by atoms with Gasteiger partial charge in [0.2, 0.25) is 5.82 Å². The molecule has 5 rings (SSSR count). The summed E-state index contributed by atoms with van der Waals surface area (Å²) in [6, 6.07) is 15.7. The molecule has 0 spiro atoms. The predicted molar refractivity (Wildman–Crippen MR) is 137 cm³/mol. The van der Waals surface area contributed by atoms with Gasteiger partial charge in [0.25, 0.3) is 11.4 Å².